The highest BCUT2D eigenvalue weighted by molar-refractivity contribution is 5.38. The summed E-state index contributed by atoms with van der Waals surface area (Å²) in [4.78, 5) is 14.1. The molecular formula is C10H14N2O3. The van der Waals surface area contributed by atoms with Gasteiger partial charge in [0.05, 0.1) is 11.0 Å². The number of aliphatic hydroxyl groups excluding tert-OH is 1. The van der Waals surface area contributed by atoms with Gasteiger partial charge in [0.25, 0.3) is 5.69 Å². The molecule has 0 aliphatic heterocycles. The average Bonchev–Trinajstić information content (AvgIpc) is 2.15. The van der Waals surface area contributed by atoms with Crippen LogP contribution in [0.5, 0.6) is 0 Å². The summed E-state index contributed by atoms with van der Waals surface area (Å²) in [5, 5.41) is 19.9. The SMILES string of the molecule is Cc1cc(C(C)C(C)O)ncc1[N+](=O)[O-]. The molecule has 0 spiro atoms. The van der Waals surface area contributed by atoms with Crippen molar-refractivity contribution >= 4 is 5.69 Å². The van der Waals surface area contributed by atoms with Gasteiger partial charge in [-0.15, -0.1) is 0 Å². The average molecular weight is 210 g/mol. The third-order valence-corrected chi connectivity index (χ3v) is 2.49. The summed E-state index contributed by atoms with van der Waals surface area (Å²) in [6, 6.07) is 1.65. The lowest BCUT2D eigenvalue weighted by molar-refractivity contribution is -0.385. The van der Waals surface area contributed by atoms with Gasteiger partial charge in [-0.25, -0.2) is 0 Å². The first-order valence-electron chi connectivity index (χ1n) is 4.72. The number of hydrogen-bond acceptors (Lipinski definition) is 4. The highest BCUT2D eigenvalue weighted by Crippen LogP contribution is 2.22. The van der Waals surface area contributed by atoms with Crippen LogP contribution in [0.25, 0.3) is 0 Å². The number of aromatic nitrogens is 1. The van der Waals surface area contributed by atoms with E-state index in [0.717, 1.165) is 0 Å². The summed E-state index contributed by atoms with van der Waals surface area (Å²) in [7, 11) is 0. The van der Waals surface area contributed by atoms with Crippen molar-refractivity contribution < 1.29 is 10.0 Å². The molecule has 82 valence electrons. The Bertz CT molecular complexity index is 377. The zero-order chi connectivity index (χ0) is 11.6. The Balaban J connectivity index is 3.06. The lowest BCUT2D eigenvalue weighted by Gasteiger charge is -2.13. The van der Waals surface area contributed by atoms with Crippen LogP contribution in [0.15, 0.2) is 12.3 Å². The molecule has 1 aromatic rings. The number of nitro groups is 1. The molecule has 0 saturated heterocycles. The molecule has 0 saturated carbocycles. The second-order valence-corrected chi connectivity index (χ2v) is 3.68. The molecule has 0 bridgehead atoms. The van der Waals surface area contributed by atoms with Crippen molar-refractivity contribution in [2.45, 2.75) is 32.8 Å². The standard InChI is InChI=1S/C10H14N2O3/c1-6-4-9(7(2)8(3)13)11-5-10(6)12(14)15/h4-5,7-8,13H,1-3H3. The van der Waals surface area contributed by atoms with E-state index in [4.69, 9.17) is 0 Å². The van der Waals surface area contributed by atoms with Gasteiger partial charge in [0.15, 0.2) is 0 Å². The first-order valence-corrected chi connectivity index (χ1v) is 4.72. The molecule has 0 aromatic carbocycles. The number of pyridine rings is 1. The Morgan fingerprint density at radius 1 is 1.53 bits per heavy atom. The third-order valence-electron chi connectivity index (χ3n) is 2.49. The van der Waals surface area contributed by atoms with Crippen LogP contribution >= 0.6 is 0 Å². The summed E-state index contributed by atoms with van der Waals surface area (Å²) < 4.78 is 0. The Kier molecular flexibility index (Phi) is 3.36. The van der Waals surface area contributed by atoms with Crippen molar-refractivity contribution in [2.24, 2.45) is 0 Å². The molecule has 1 heterocycles. The monoisotopic (exact) mass is 210 g/mol. The molecule has 2 atom stereocenters. The second kappa shape index (κ2) is 4.35. The van der Waals surface area contributed by atoms with Crippen LogP contribution < -0.4 is 0 Å². The fourth-order valence-electron chi connectivity index (χ4n) is 1.26. The predicted octanol–water partition coefficient (Wildman–Crippen LogP) is 1.78. The molecular weight excluding hydrogens is 196 g/mol. The Morgan fingerprint density at radius 3 is 2.53 bits per heavy atom. The van der Waals surface area contributed by atoms with E-state index >= 15 is 0 Å². The fraction of sp³-hybridized carbons (Fsp3) is 0.500. The van der Waals surface area contributed by atoms with Gasteiger partial charge in [0.1, 0.15) is 6.20 Å². The van der Waals surface area contributed by atoms with Crippen LogP contribution in [-0.4, -0.2) is 21.1 Å². The van der Waals surface area contributed by atoms with Gasteiger partial charge in [-0.3, -0.25) is 15.1 Å². The molecule has 15 heavy (non-hydrogen) atoms. The first kappa shape index (κ1) is 11.6. The number of nitrogens with zero attached hydrogens (tertiary/aromatic N) is 2. The highest BCUT2D eigenvalue weighted by atomic mass is 16.6. The quantitative estimate of drug-likeness (QED) is 0.609. The molecule has 1 N–H and O–H groups in total. The van der Waals surface area contributed by atoms with E-state index in [0.29, 0.717) is 11.3 Å². The summed E-state index contributed by atoms with van der Waals surface area (Å²) in [6.45, 7) is 5.17. The lowest BCUT2D eigenvalue weighted by atomic mass is 10.0. The van der Waals surface area contributed by atoms with Crippen molar-refractivity contribution in [3.8, 4) is 0 Å². The fourth-order valence-corrected chi connectivity index (χ4v) is 1.26. The largest absolute Gasteiger partial charge is 0.393 e. The summed E-state index contributed by atoms with van der Waals surface area (Å²) in [5.41, 5.74) is 1.25. The highest BCUT2D eigenvalue weighted by Gasteiger charge is 2.17. The van der Waals surface area contributed by atoms with E-state index in [9.17, 15) is 15.2 Å². The molecule has 0 aliphatic carbocycles. The second-order valence-electron chi connectivity index (χ2n) is 3.68. The van der Waals surface area contributed by atoms with Gasteiger partial charge < -0.3 is 5.11 Å². The minimum Gasteiger partial charge on any atom is -0.393 e. The van der Waals surface area contributed by atoms with Crippen LogP contribution in [0.3, 0.4) is 0 Å². The summed E-state index contributed by atoms with van der Waals surface area (Å²) in [6.07, 6.45) is 0.724. The summed E-state index contributed by atoms with van der Waals surface area (Å²) >= 11 is 0. The van der Waals surface area contributed by atoms with Crippen LogP contribution in [0.1, 0.15) is 31.0 Å². The maximum atomic E-state index is 10.6. The number of rotatable bonds is 3. The van der Waals surface area contributed by atoms with Gasteiger partial charge >= 0.3 is 0 Å². The van der Waals surface area contributed by atoms with Gasteiger partial charge in [0.2, 0.25) is 0 Å². The van der Waals surface area contributed by atoms with Crippen molar-refractivity contribution in [2.75, 3.05) is 0 Å². The molecule has 1 aromatic heterocycles. The number of hydrogen-bond donors (Lipinski definition) is 1. The molecule has 0 radical (unpaired) electrons. The minimum atomic E-state index is -0.515. The zero-order valence-corrected chi connectivity index (χ0v) is 8.97. The van der Waals surface area contributed by atoms with Gasteiger partial charge in [0, 0.05) is 17.2 Å². The van der Waals surface area contributed by atoms with Crippen molar-refractivity contribution in [3.63, 3.8) is 0 Å². The van der Waals surface area contributed by atoms with Gasteiger partial charge in [-0.2, -0.15) is 0 Å². The van der Waals surface area contributed by atoms with E-state index < -0.39 is 11.0 Å². The zero-order valence-electron chi connectivity index (χ0n) is 8.97. The Hall–Kier alpha value is -1.49. The smallest absolute Gasteiger partial charge is 0.290 e. The molecule has 5 heteroatoms. The van der Waals surface area contributed by atoms with Crippen LogP contribution in [0.4, 0.5) is 5.69 Å². The topological polar surface area (TPSA) is 76.3 Å². The van der Waals surface area contributed by atoms with E-state index in [1.54, 1.807) is 19.9 Å². The first-order chi connectivity index (χ1) is 6.93. The van der Waals surface area contributed by atoms with E-state index in [1.165, 1.54) is 6.20 Å². The molecule has 0 amide bonds. The van der Waals surface area contributed by atoms with E-state index in [-0.39, 0.29) is 11.6 Å². The van der Waals surface area contributed by atoms with E-state index in [1.807, 2.05) is 6.92 Å². The maximum Gasteiger partial charge on any atom is 0.290 e. The maximum absolute atomic E-state index is 10.6. The van der Waals surface area contributed by atoms with Crippen molar-refractivity contribution in [3.05, 3.63) is 33.6 Å². The predicted molar refractivity (Wildman–Crippen MR) is 55.7 cm³/mol. The Labute approximate surface area is 87.9 Å². The number of aryl methyl sites for hydroxylation is 1. The van der Waals surface area contributed by atoms with Crippen molar-refractivity contribution in [1.29, 1.82) is 0 Å². The van der Waals surface area contributed by atoms with Gasteiger partial charge in [-0.05, 0) is 19.9 Å². The molecule has 0 aliphatic rings. The molecule has 5 nitrogen and oxygen atoms in total. The number of aliphatic hydroxyl groups is 1. The molecule has 1 rings (SSSR count). The van der Waals surface area contributed by atoms with Crippen LogP contribution in [-0.2, 0) is 0 Å². The van der Waals surface area contributed by atoms with E-state index in [2.05, 4.69) is 4.98 Å². The Morgan fingerprint density at radius 2 is 2.13 bits per heavy atom. The lowest BCUT2D eigenvalue weighted by Crippen LogP contribution is -2.12. The van der Waals surface area contributed by atoms with Crippen molar-refractivity contribution in [1.82, 2.24) is 4.98 Å². The molecule has 0 fully saturated rings. The van der Waals surface area contributed by atoms with Crippen LogP contribution in [0, 0.1) is 17.0 Å². The molecule has 2 unspecified atom stereocenters. The third kappa shape index (κ3) is 2.50. The summed E-state index contributed by atoms with van der Waals surface area (Å²) in [5.74, 6) is -0.121. The van der Waals surface area contributed by atoms with Crippen LogP contribution in [0.2, 0.25) is 0 Å². The van der Waals surface area contributed by atoms with Gasteiger partial charge in [-0.1, -0.05) is 6.92 Å². The normalized spacial score (nSPS) is 14.7. The minimum absolute atomic E-state index is 0.0107.